The van der Waals surface area contributed by atoms with Gasteiger partial charge in [-0.15, -0.1) is 0 Å². The summed E-state index contributed by atoms with van der Waals surface area (Å²) in [6.45, 7) is 1.43. The van der Waals surface area contributed by atoms with Crippen molar-refractivity contribution in [3.8, 4) is 5.69 Å². The Morgan fingerprint density at radius 3 is 2.42 bits per heavy atom. The zero-order valence-electron chi connectivity index (χ0n) is 12.9. The molecule has 0 radical (unpaired) electrons. The molecule has 1 aromatic heterocycles. The van der Waals surface area contributed by atoms with E-state index < -0.39 is 0 Å². The molecule has 1 aliphatic heterocycles. The number of halogens is 2. The summed E-state index contributed by atoms with van der Waals surface area (Å²) >= 11 is 5.94. The summed E-state index contributed by atoms with van der Waals surface area (Å²) in [6.07, 6.45) is 3.89. The second kappa shape index (κ2) is 6.30. The fourth-order valence-electron chi connectivity index (χ4n) is 2.98. The van der Waals surface area contributed by atoms with Crippen molar-refractivity contribution in [1.82, 2.24) is 4.57 Å². The lowest BCUT2D eigenvalue weighted by atomic mass is 10.2. The second-order valence-electron chi connectivity index (χ2n) is 5.72. The Hall–Kier alpha value is -2.30. The molecule has 1 atom stereocenters. The molecule has 0 bridgehead atoms. The Balaban J connectivity index is 1.61. The Kier molecular flexibility index (Phi) is 4.00. The molecular weight excluding hydrogens is 327 g/mol. The summed E-state index contributed by atoms with van der Waals surface area (Å²) < 4.78 is 21.1. The molecule has 1 fully saturated rings. The van der Waals surface area contributed by atoms with Gasteiger partial charge in [0.2, 0.25) is 0 Å². The highest BCUT2D eigenvalue weighted by atomic mass is 35.5. The van der Waals surface area contributed by atoms with Gasteiger partial charge in [-0.05, 0) is 54.6 Å². The number of benzene rings is 2. The van der Waals surface area contributed by atoms with Crippen molar-refractivity contribution >= 4 is 17.3 Å². The first-order chi connectivity index (χ1) is 11.7. The van der Waals surface area contributed by atoms with E-state index in [0.717, 1.165) is 23.5 Å². The van der Waals surface area contributed by atoms with E-state index >= 15 is 0 Å². The molecular formula is C19H16ClFN2O. The molecule has 1 saturated heterocycles. The smallest absolute Gasteiger partial charge is 0.158 e. The van der Waals surface area contributed by atoms with Gasteiger partial charge < -0.3 is 14.2 Å². The average molecular weight is 343 g/mol. The zero-order valence-corrected chi connectivity index (χ0v) is 13.7. The molecule has 2 heterocycles. The predicted octanol–water partition coefficient (Wildman–Crippen LogP) is 4.81. The van der Waals surface area contributed by atoms with Crippen molar-refractivity contribution in [2.75, 3.05) is 18.1 Å². The summed E-state index contributed by atoms with van der Waals surface area (Å²) in [6, 6.07) is 16.2. The second-order valence-corrected chi connectivity index (χ2v) is 6.16. The molecule has 0 saturated carbocycles. The van der Waals surface area contributed by atoms with Crippen LogP contribution in [-0.4, -0.2) is 17.7 Å². The highest BCUT2D eigenvalue weighted by molar-refractivity contribution is 6.30. The molecule has 5 heteroatoms. The maximum Gasteiger partial charge on any atom is 0.158 e. The van der Waals surface area contributed by atoms with Crippen molar-refractivity contribution in [3.05, 3.63) is 83.4 Å². The summed E-state index contributed by atoms with van der Waals surface area (Å²) in [7, 11) is 0. The molecule has 122 valence electrons. The quantitative estimate of drug-likeness (QED) is 0.680. The molecule has 1 aliphatic rings. The lowest BCUT2D eigenvalue weighted by molar-refractivity contribution is 0.114. The minimum atomic E-state index is -0.232. The predicted molar refractivity (Wildman–Crippen MR) is 93.2 cm³/mol. The molecule has 3 nitrogen and oxygen atoms in total. The number of anilines is 1. The van der Waals surface area contributed by atoms with Crippen molar-refractivity contribution in [3.63, 3.8) is 0 Å². The summed E-state index contributed by atoms with van der Waals surface area (Å²) in [5.74, 6) is -0.232. The minimum absolute atomic E-state index is 0.163. The van der Waals surface area contributed by atoms with Crippen molar-refractivity contribution < 1.29 is 9.13 Å². The van der Waals surface area contributed by atoms with E-state index in [1.165, 1.54) is 12.1 Å². The molecule has 4 rings (SSSR count). The van der Waals surface area contributed by atoms with Crippen molar-refractivity contribution in [2.24, 2.45) is 0 Å². The van der Waals surface area contributed by atoms with Crippen LogP contribution in [0.5, 0.6) is 0 Å². The largest absolute Gasteiger partial charge is 0.352 e. The third-order valence-corrected chi connectivity index (χ3v) is 4.43. The summed E-state index contributed by atoms with van der Waals surface area (Å²) in [5.41, 5.74) is 3.06. The number of aromatic nitrogens is 1. The molecule has 0 N–H and O–H groups in total. The van der Waals surface area contributed by atoms with Gasteiger partial charge in [0.1, 0.15) is 5.82 Å². The molecule has 3 aromatic rings. The van der Waals surface area contributed by atoms with Crippen LogP contribution >= 0.6 is 11.6 Å². The Morgan fingerprint density at radius 1 is 0.958 bits per heavy atom. The highest BCUT2D eigenvalue weighted by Gasteiger charge is 2.27. The topological polar surface area (TPSA) is 17.4 Å². The van der Waals surface area contributed by atoms with Crippen LogP contribution in [0, 0.1) is 5.82 Å². The van der Waals surface area contributed by atoms with Crippen LogP contribution in [0.3, 0.4) is 0 Å². The maximum atomic E-state index is 13.2. The van der Waals surface area contributed by atoms with Gasteiger partial charge in [0.05, 0.1) is 6.61 Å². The van der Waals surface area contributed by atoms with Gasteiger partial charge >= 0.3 is 0 Å². The molecule has 24 heavy (non-hydrogen) atoms. The molecule has 0 amide bonds. The highest BCUT2D eigenvalue weighted by Crippen LogP contribution is 2.32. The first kappa shape index (κ1) is 15.2. The number of rotatable bonds is 3. The minimum Gasteiger partial charge on any atom is -0.352 e. The lowest BCUT2D eigenvalue weighted by Gasteiger charge is -2.24. The third-order valence-electron chi connectivity index (χ3n) is 4.17. The van der Waals surface area contributed by atoms with E-state index in [-0.39, 0.29) is 12.0 Å². The van der Waals surface area contributed by atoms with Crippen LogP contribution in [0.1, 0.15) is 11.8 Å². The van der Waals surface area contributed by atoms with E-state index in [2.05, 4.69) is 11.1 Å². The van der Waals surface area contributed by atoms with Gasteiger partial charge in [0.15, 0.2) is 6.23 Å². The number of hydrogen-bond donors (Lipinski definition) is 0. The van der Waals surface area contributed by atoms with Gasteiger partial charge in [-0.1, -0.05) is 11.6 Å². The van der Waals surface area contributed by atoms with Crippen LogP contribution in [-0.2, 0) is 4.74 Å². The van der Waals surface area contributed by atoms with Gasteiger partial charge in [0, 0.05) is 40.9 Å². The lowest BCUT2D eigenvalue weighted by Crippen LogP contribution is -2.22. The number of hydrogen-bond acceptors (Lipinski definition) is 2. The van der Waals surface area contributed by atoms with Crippen LogP contribution < -0.4 is 4.90 Å². The van der Waals surface area contributed by atoms with Crippen LogP contribution in [0.2, 0.25) is 5.02 Å². The van der Waals surface area contributed by atoms with Crippen LogP contribution in [0.4, 0.5) is 10.1 Å². The molecule has 0 spiro atoms. The summed E-state index contributed by atoms with van der Waals surface area (Å²) in [4.78, 5) is 2.14. The first-order valence-corrected chi connectivity index (χ1v) is 8.16. The standard InChI is InChI=1S/C19H16ClFN2O/c20-15-1-5-17(6-2-15)22-10-9-14(13-22)19-23(11-12-24-19)18-7-3-16(21)4-8-18/h1-10,13,19H,11-12H2/t19-/m0/s1. The van der Waals surface area contributed by atoms with Gasteiger partial charge in [-0.25, -0.2) is 4.39 Å². The fourth-order valence-corrected chi connectivity index (χ4v) is 3.10. The SMILES string of the molecule is Fc1ccc(N2CCO[C@H]2c2ccn(-c3ccc(Cl)cc3)c2)cc1. The van der Waals surface area contributed by atoms with Crippen LogP contribution in [0.15, 0.2) is 67.0 Å². The summed E-state index contributed by atoms with van der Waals surface area (Å²) in [5, 5.41) is 0.716. The van der Waals surface area contributed by atoms with Gasteiger partial charge in [-0.3, -0.25) is 0 Å². The van der Waals surface area contributed by atoms with E-state index in [9.17, 15) is 4.39 Å². The molecule has 0 aliphatic carbocycles. The fraction of sp³-hybridized carbons (Fsp3) is 0.158. The number of ether oxygens (including phenoxy) is 1. The van der Waals surface area contributed by atoms with E-state index in [1.807, 2.05) is 41.1 Å². The normalized spacial score (nSPS) is 17.4. The van der Waals surface area contributed by atoms with Crippen molar-refractivity contribution in [1.29, 1.82) is 0 Å². The monoisotopic (exact) mass is 342 g/mol. The molecule has 2 aromatic carbocycles. The van der Waals surface area contributed by atoms with Crippen molar-refractivity contribution in [2.45, 2.75) is 6.23 Å². The van der Waals surface area contributed by atoms with E-state index in [4.69, 9.17) is 16.3 Å². The zero-order chi connectivity index (χ0) is 16.5. The average Bonchev–Trinajstić information content (AvgIpc) is 3.25. The van der Waals surface area contributed by atoms with Gasteiger partial charge in [0.25, 0.3) is 0 Å². The first-order valence-electron chi connectivity index (χ1n) is 7.78. The number of nitrogens with zero attached hydrogens (tertiary/aromatic N) is 2. The van der Waals surface area contributed by atoms with E-state index in [0.29, 0.717) is 11.6 Å². The maximum absolute atomic E-state index is 13.2. The third kappa shape index (κ3) is 2.90. The van der Waals surface area contributed by atoms with E-state index in [1.54, 1.807) is 12.1 Å². The Bertz CT molecular complexity index is 829. The van der Waals surface area contributed by atoms with Crippen LogP contribution in [0.25, 0.3) is 5.69 Å². The Morgan fingerprint density at radius 2 is 1.67 bits per heavy atom. The van der Waals surface area contributed by atoms with Gasteiger partial charge in [-0.2, -0.15) is 0 Å². The Labute approximate surface area is 144 Å². The molecule has 0 unspecified atom stereocenters.